The third-order valence-corrected chi connectivity index (χ3v) is 4.54. The standard InChI is InChI=1S/C17H28N2/c1-14(15-8-5-4-6-9-15)16(12-18)19-11-7-10-17(2,3)13-19/h4-6,8-9,14,16H,7,10-13,18H2,1-3H3. The van der Waals surface area contributed by atoms with Gasteiger partial charge in [0.1, 0.15) is 0 Å². The van der Waals surface area contributed by atoms with Crippen LogP contribution in [0, 0.1) is 5.41 Å². The van der Waals surface area contributed by atoms with Gasteiger partial charge in [-0.25, -0.2) is 0 Å². The summed E-state index contributed by atoms with van der Waals surface area (Å²) < 4.78 is 0. The molecule has 1 fully saturated rings. The molecule has 0 aromatic heterocycles. The molecule has 1 saturated heterocycles. The zero-order valence-corrected chi connectivity index (χ0v) is 12.6. The number of likely N-dealkylation sites (tertiary alicyclic amines) is 1. The average molecular weight is 260 g/mol. The molecule has 106 valence electrons. The maximum absolute atomic E-state index is 6.09. The largest absolute Gasteiger partial charge is 0.329 e. The summed E-state index contributed by atoms with van der Waals surface area (Å²) in [6, 6.07) is 11.2. The Morgan fingerprint density at radius 3 is 2.53 bits per heavy atom. The van der Waals surface area contributed by atoms with E-state index in [-0.39, 0.29) is 0 Å². The Kier molecular flexibility index (Phi) is 4.64. The van der Waals surface area contributed by atoms with Crippen molar-refractivity contribution in [2.45, 2.75) is 45.6 Å². The molecule has 0 amide bonds. The van der Waals surface area contributed by atoms with Crippen LogP contribution in [0.5, 0.6) is 0 Å². The first-order chi connectivity index (χ1) is 9.03. The van der Waals surface area contributed by atoms with Crippen molar-refractivity contribution in [3.8, 4) is 0 Å². The van der Waals surface area contributed by atoms with Crippen molar-refractivity contribution < 1.29 is 0 Å². The molecule has 1 aromatic rings. The van der Waals surface area contributed by atoms with Gasteiger partial charge in [0.2, 0.25) is 0 Å². The van der Waals surface area contributed by atoms with Crippen molar-refractivity contribution in [2.24, 2.45) is 11.1 Å². The highest BCUT2D eigenvalue weighted by Crippen LogP contribution is 2.32. The molecule has 0 radical (unpaired) electrons. The lowest BCUT2D eigenvalue weighted by molar-refractivity contribution is 0.0716. The van der Waals surface area contributed by atoms with Crippen LogP contribution < -0.4 is 5.73 Å². The fraction of sp³-hybridized carbons (Fsp3) is 0.647. The Balaban J connectivity index is 2.11. The lowest BCUT2D eigenvalue weighted by atomic mass is 9.82. The molecule has 1 aliphatic heterocycles. The van der Waals surface area contributed by atoms with Crippen molar-refractivity contribution in [1.82, 2.24) is 4.90 Å². The van der Waals surface area contributed by atoms with Crippen LogP contribution in [0.3, 0.4) is 0 Å². The molecule has 0 spiro atoms. The minimum Gasteiger partial charge on any atom is -0.329 e. The van der Waals surface area contributed by atoms with E-state index in [1.807, 2.05) is 0 Å². The van der Waals surface area contributed by atoms with E-state index in [0.717, 1.165) is 6.54 Å². The van der Waals surface area contributed by atoms with Gasteiger partial charge in [-0.2, -0.15) is 0 Å². The molecule has 2 nitrogen and oxygen atoms in total. The Labute approximate surface area is 118 Å². The fourth-order valence-corrected chi connectivity index (χ4v) is 3.40. The number of hydrogen-bond acceptors (Lipinski definition) is 2. The van der Waals surface area contributed by atoms with Crippen molar-refractivity contribution in [2.75, 3.05) is 19.6 Å². The monoisotopic (exact) mass is 260 g/mol. The lowest BCUT2D eigenvalue weighted by Crippen LogP contribution is -2.50. The van der Waals surface area contributed by atoms with Gasteiger partial charge in [-0.05, 0) is 36.3 Å². The summed E-state index contributed by atoms with van der Waals surface area (Å²) in [5.74, 6) is 0.500. The molecule has 0 saturated carbocycles. The predicted octanol–water partition coefficient (Wildman–Crippen LogP) is 3.24. The van der Waals surface area contributed by atoms with Crippen molar-refractivity contribution in [3.63, 3.8) is 0 Å². The predicted molar refractivity (Wildman–Crippen MR) is 82.3 cm³/mol. The molecule has 2 N–H and O–H groups in total. The molecule has 2 rings (SSSR count). The molecule has 1 heterocycles. The normalized spacial score (nSPS) is 22.9. The summed E-state index contributed by atoms with van der Waals surface area (Å²) in [6.07, 6.45) is 2.63. The molecule has 2 atom stereocenters. The first-order valence-electron chi connectivity index (χ1n) is 7.52. The van der Waals surface area contributed by atoms with E-state index in [1.54, 1.807) is 0 Å². The topological polar surface area (TPSA) is 29.3 Å². The van der Waals surface area contributed by atoms with E-state index in [2.05, 4.69) is 56.0 Å². The van der Waals surface area contributed by atoms with Crippen LogP contribution in [0.4, 0.5) is 0 Å². The zero-order valence-electron chi connectivity index (χ0n) is 12.6. The smallest absolute Gasteiger partial charge is 0.0284 e. The van der Waals surface area contributed by atoms with E-state index >= 15 is 0 Å². The summed E-state index contributed by atoms with van der Waals surface area (Å²) in [5.41, 5.74) is 7.93. The molecular formula is C17H28N2. The van der Waals surface area contributed by atoms with Crippen LogP contribution in [0.25, 0.3) is 0 Å². The van der Waals surface area contributed by atoms with Gasteiger partial charge in [-0.15, -0.1) is 0 Å². The van der Waals surface area contributed by atoms with E-state index in [9.17, 15) is 0 Å². The Morgan fingerprint density at radius 1 is 1.26 bits per heavy atom. The zero-order chi connectivity index (χ0) is 13.9. The highest BCUT2D eigenvalue weighted by molar-refractivity contribution is 5.20. The number of nitrogens with zero attached hydrogens (tertiary/aromatic N) is 1. The van der Waals surface area contributed by atoms with Gasteiger partial charge in [-0.3, -0.25) is 4.90 Å². The van der Waals surface area contributed by atoms with Gasteiger partial charge >= 0.3 is 0 Å². The van der Waals surface area contributed by atoms with Gasteiger partial charge in [-0.1, -0.05) is 51.1 Å². The second-order valence-electron chi connectivity index (χ2n) is 6.74. The molecule has 19 heavy (non-hydrogen) atoms. The quantitative estimate of drug-likeness (QED) is 0.900. The SMILES string of the molecule is CC(c1ccccc1)C(CN)N1CCCC(C)(C)C1. The number of benzene rings is 1. The number of rotatable bonds is 4. The van der Waals surface area contributed by atoms with Gasteiger partial charge in [0.25, 0.3) is 0 Å². The van der Waals surface area contributed by atoms with Crippen molar-refractivity contribution >= 4 is 0 Å². The maximum Gasteiger partial charge on any atom is 0.0284 e. The van der Waals surface area contributed by atoms with E-state index in [1.165, 1.54) is 31.5 Å². The molecular weight excluding hydrogens is 232 g/mol. The second-order valence-corrected chi connectivity index (χ2v) is 6.74. The van der Waals surface area contributed by atoms with Gasteiger partial charge in [0.05, 0.1) is 0 Å². The highest BCUT2D eigenvalue weighted by atomic mass is 15.2. The van der Waals surface area contributed by atoms with Crippen LogP contribution in [0.2, 0.25) is 0 Å². The Bertz CT molecular complexity index is 386. The van der Waals surface area contributed by atoms with Gasteiger partial charge in [0, 0.05) is 19.1 Å². The molecule has 0 aliphatic carbocycles. The number of piperidine rings is 1. The molecule has 1 aromatic carbocycles. The summed E-state index contributed by atoms with van der Waals surface area (Å²) in [7, 11) is 0. The fourth-order valence-electron chi connectivity index (χ4n) is 3.40. The number of hydrogen-bond donors (Lipinski definition) is 1. The average Bonchev–Trinajstić information content (AvgIpc) is 2.39. The van der Waals surface area contributed by atoms with Crippen LogP contribution in [0.15, 0.2) is 30.3 Å². The van der Waals surface area contributed by atoms with Crippen LogP contribution in [-0.4, -0.2) is 30.6 Å². The third kappa shape index (κ3) is 3.58. The Morgan fingerprint density at radius 2 is 1.95 bits per heavy atom. The highest BCUT2D eigenvalue weighted by Gasteiger charge is 2.32. The molecule has 2 unspecified atom stereocenters. The van der Waals surface area contributed by atoms with Crippen molar-refractivity contribution in [1.29, 1.82) is 0 Å². The van der Waals surface area contributed by atoms with E-state index in [4.69, 9.17) is 5.73 Å². The third-order valence-electron chi connectivity index (χ3n) is 4.54. The van der Waals surface area contributed by atoms with Crippen LogP contribution in [-0.2, 0) is 0 Å². The van der Waals surface area contributed by atoms with E-state index in [0.29, 0.717) is 17.4 Å². The summed E-state index contributed by atoms with van der Waals surface area (Å²) in [6.45, 7) is 10.2. The van der Waals surface area contributed by atoms with E-state index < -0.39 is 0 Å². The second kappa shape index (κ2) is 6.06. The maximum atomic E-state index is 6.09. The summed E-state index contributed by atoms with van der Waals surface area (Å²) >= 11 is 0. The lowest BCUT2D eigenvalue weighted by Gasteiger charge is -2.44. The number of nitrogens with two attached hydrogens (primary N) is 1. The summed E-state index contributed by atoms with van der Waals surface area (Å²) in [4.78, 5) is 2.61. The minimum absolute atomic E-state index is 0.433. The van der Waals surface area contributed by atoms with Gasteiger partial charge in [0.15, 0.2) is 0 Å². The van der Waals surface area contributed by atoms with Crippen LogP contribution >= 0.6 is 0 Å². The molecule has 1 aliphatic rings. The minimum atomic E-state index is 0.433. The van der Waals surface area contributed by atoms with Gasteiger partial charge < -0.3 is 5.73 Å². The summed E-state index contributed by atoms with van der Waals surface area (Å²) in [5, 5.41) is 0. The first kappa shape index (κ1) is 14.5. The molecule has 0 bridgehead atoms. The Hall–Kier alpha value is -0.860. The first-order valence-corrected chi connectivity index (χ1v) is 7.52. The van der Waals surface area contributed by atoms with Crippen LogP contribution in [0.1, 0.15) is 45.1 Å². The molecule has 2 heteroatoms. The van der Waals surface area contributed by atoms with Crippen molar-refractivity contribution in [3.05, 3.63) is 35.9 Å².